The molecule has 4 heteroatoms. The van der Waals surface area contributed by atoms with Gasteiger partial charge in [-0.15, -0.1) is 11.3 Å². The van der Waals surface area contributed by atoms with Crippen molar-refractivity contribution >= 4 is 27.4 Å². The van der Waals surface area contributed by atoms with E-state index in [9.17, 15) is 4.79 Å². The van der Waals surface area contributed by atoms with Crippen molar-refractivity contribution in [3.63, 3.8) is 0 Å². The topological polar surface area (TPSA) is 39.2 Å². The standard InChI is InChI=1S/C15H11NO2S/c1-10(17)18-14-12-9-16-8-7-13(12)19-15(14)11-5-3-2-4-6-11/h2-9H,1H3. The maximum absolute atomic E-state index is 11.3. The average molecular weight is 269 g/mol. The van der Waals surface area contributed by atoms with Gasteiger partial charge in [0.05, 0.1) is 10.3 Å². The Kier molecular flexibility index (Phi) is 3.01. The molecule has 3 rings (SSSR count). The molecule has 0 unspecified atom stereocenters. The van der Waals surface area contributed by atoms with Crippen molar-refractivity contribution in [3.8, 4) is 16.2 Å². The lowest BCUT2D eigenvalue weighted by Gasteiger charge is -2.03. The fraction of sp³-hybridized carbons (Fsp3) is 0.0667. The summed E-state index contributed by atoms with van der Waals surface area (Å²) >= 11 is 1.60. The minimum atomic E-state index is -0.319. The van der Waals surface area contributed by atoms with Crippen molar-refractivity contribution in [1.29, 1.82) is 0 Å². The summed E-state index contributed by atoms with van der Waals surface area (Å²) in [6, 6.07) is 11.8. The van der Waals surface area contributed by atoms with Crippen LogP contribution in [0.5, 0.6) is 5.75 Å². The Labute approximate surface area is 114 Å². The summed E-state index contributed by atoms with van der Waals surface area (Å²) in [5.74, 6) is 0.285. The Morgan fingerprint density at radius 2 is 2.00 bits per heavy atom. The molecule has 0 atom stereocenters. The molecule has 19 heavy (non-hydrogen) atoms. The minimum Gasteiger partial charge on any atom is -0.424 e. The lowest BCUT2D eigenvalue weighted by Crippen LogP contribution is -2.01. The van der Waals surface area contributed by atoms with E-state index in [-0.39, 0.29) is 5.97 Å². The monoisotopic (exact) mass is 269 g/mol. The first kappa shape index (κ1) is 11.9. The van der Waals surface area contributed by atoms with Gasteiger partial charge < -0.3 is 4.74 Å². The number of esters is 1. The van der Waals surface area contributed by atoms with E-state index in [4.69, 9.17) is 4.74 Å². The van der Waals surface area contributed by atoms with Crippen LogP contribution in [-0.4, -0.2) is 11.0 Å². The first-order valence-electron chi connectivity index (χ1n) is 5.86. The highest BCUT2D eigenvalue weighted by molar-refractivity contribution is 7.22. The first-order valence-corrected chi connectivity index (χ1v) is 6.67. The molecule has 0 aliphatic heterocycles. The van der Waals surface area contributed by atoms with Crippen molar-refractivity contribution in [2.75, 3.05) is 0 Å². The number of rotatable bonds is 2. The Hall–Kier alpha value is -2.20. The molecule has 0 radical (unpaired) electrons. The first-order chi connectivity index (χ1) is 9.25. The number of carbonyl (C=O) groups excluding carboxylic acids is 1. The van der Waals surface area contributed by atoms with Gasteiger partial charge in [-0.25, -0.2) is 0 Å². The summed E-state index contributed by atoms with van der Waals surface area (Å²) in [6.07, 6.45) is 3.47. The number of thiophene rings is 1. The van der Waals surface area contributed by atoms with Crippen LogP contribution in [-0.2, 0) is 4.79 Å². The van der Waals surface area contributed by atoms with Gasteiger partial charge in [0.15, 0.2) is 5.75 Å². The number of ether oxygens (including phenoxy) is 1. The van der Waals surface area contributed by atoms with E-state index in [1.807, 2.05) is 36.4 Å². The molecule has 0 fully saturated rings. The maximum atomic E-state index is 11.3. The van der Waals surface area contributed by atoms with Gasteiger partial charge in [-0.05, 0) is 11.6 Å². The average Bonchev–Trinajstić information content (AvgIpc) is 2.78. The number of hydrogen-bond donors (Lipinski definition) is 0. The predicted molar refractivity (Wildman–Crippen MR) is 76.4 cm³/mol. The van der Waals surface area contributed by atoms with E-state index >= 15 is 0 Å². The molecule has 1 aromatic carbocycles. The van der Waals surface area contributed by atoms with Gasteiger partial charge in [-0.2, -0.15) is 0 Å². The molecule has 0 spiro atoms. The summed E-state index contributed by atoms with van der Waals surface area (Å²) < 4.78 is 6.44. The molecular weight excluding hydrogens is 258 g/mol. The zero-order chi connectivity index (χ0) is 13.2. The van der Waals surface area contributed by atoms with Crippen molar-refractivity contribution < 1.29 is 9.53 Å². The molecule has 3 aromatic rings. The van der Waals surface area contributed by atoms with Crippen LogP contribution in [0.25, 0.3) is 20.5 Å². The van der Waals surface area contributed by atoms with Crippen LogP contribution < -0.4 is 4.74 Å². The summed E-state index contributed by atoms with van der Waals surface area (Å²) in [5.41, 5.74) is 1.04. The highest BCUT2D eigenvalue weighted by atomic mass is 32.1. The van der Waals surface area contributed by atoms with E-state index in [2.05, 4.69) is 4.98 Å². The normalized spacial score (nSPS) is 10.6. The van der Waals surface area contributed by atoms with Gasteiger partial charge in [-0.1, -0.05) is 30.3 Å². The fourth-order valence-electron chi connectivity index (χ4n) is 1.94. The van der Waals surface area contributed by atoms with Crippen molar-refractivity contribution in [1.82, 2.24) is 4.98 Å². The SMILES string of the molecule is CC(=O)Oc1c(-c2ccccc2)sc2ccncc12. The van der Waals surface area contributed by atoms with E-state index in [1.54, 1.807) is 23.7 Å². The van der Waals surface area contributed by atoms with Gasteiger partial charge in [0, 0.05) is 24.0 Å². The number of fused-ring (bicyclic) bond motifs is 1. The van der Waals surface area contributed by atoms with Crippen LogP contribution in [0.3, 0.4) is 0 Å². The van der Waals surface area contributed by atoms with Crippen LogP contribution in [0.1, 0.15) is 6.92 Å². The molecule has 94 valence electrons. The predicted octanol–water partition coefficient (Wildman–Crippen LogP) is 3.89. The third-order valence-corrected chi connectivity index (χ3v) is 3.93. The molecule has 2 aromatic heterocycles. The highest BCUT2D eigenvalue weighted by Crippen LogP contribution is 2.43. The van der Waals surface area contributed by atoms with Crippen LogP contribution in [0, 0.1) is 0 Å². The molecule has 0 aliphatic rings. The number of nitrogens with zero attached hydrogens (tertiary/aromatic N) is 1. The lowest BCUT2D eigenvalue weighted by molar-refractivity contribution is -0.131. The molecule has 0 bridgehead atoms. The molecule has 0 N–H and O–H groups in total. The van der Waals surface area contributed by atoms with Gasteiger partial charge in [-0.3, -0.25) is 9.78 Å². The summed E-state index contributed by atoms with van der Waals surface area (Å²) in [6.45, 7) is 1.41. The maximum Gasteiger partial charge on any atom is 0.308 e. The smallest absolute Gasteiger partial charge is 0.308 e. The molecule has 3 nitrogen and oxygen atoms in total. The van der Waals surface area contributed by atoms with Gasteiger partial charge in [0.25, 0.3) is 0 Å². The summed E-state index contributed by atoms with van der Waals surface area (Å²) in [7, 11) is 0. The molecule has 0 saturated carbocycles. The Morgan fingerprint density at radius 1 is 1.21 bits per heavy atom. The summed E-state index contributed by atoms with van der Waals surface area (Å²) in [5, 5.41) is 0.876. The molecular formula is C15H11NO2S. The molecule has 0 aliphatic carbocycles. The van der Waals surface area contributed by atoms with E-state index < -0.39 is 0 Å². The summed E-state index contributed by atoms with van der Waals surface area (Å²) in [4.78, 5) is 16.4. The molecule has 0 amide bonds. The van der Waals surface area contributed by atoms with Crippen molar-refractivity contribution in [2.24, 2.45) is 0 Å². The van der Waals surface area contributed by atoms with Crippen LogP contribution >= 0.6 is 11.3 Å². The third-order valence-electron chi connectivity index (χ3n) is 2.73. The van der Waals surface area contributed by atoms with E-state index in [0.717, 1.165) is 20.5 Å². The number of hydrogen-bond acceptors (Lipinski definition) is 4. The molecule has 2 heterocycles. The Bertz CT molecular complexity index is 734. The highest BCUT2D eigenvalue weighted by Gasteiger charge is 2.16. The van der Waals surface area contributed by atoms with Gasteiger partial charge in [0.2, 0.25) is 0 Å². The number of benzene rings is 1. The van der Waals surface area contributed by atoms with Gasteiger partial charge >= 0.3 is 5.97 Å². The largest absolute Gasteiger partial charge is 0.424 e. The third kappa shape index (κ3) is 2.22. The zero-order valence-corrected chi connectivity index (χ0v) is 11.1. The van der Waals surface area contributed by atoms with Crippen LogP contribution in [0.15, 0.2) is 48.8 Å². The second-order valence-corrected chi connectivity index (χ2v) is 5.14. The number of aromatic nitrogens is 1. The number of pyridine rings is 1. The second-order valence-electron chi connectivity index (χ2n) is 4.09. The van der Waals surface area contributed by atoms with Crippen molar-refractivity contribution in [3.05, 3.63) is 48.8 Å². The zero-order valence-electron chi connectivity index (χ0n) is 10.3. The van der Waals surface area contributed by atoms with Crippen LogP contribution in [0.4, 0.5) is 0 Å². The van der Waals surface area contributed by atoms with Crippen molar-refractivity contribution in [2.45, 2.75) is 6.92 Å². The second kappa shape index (κ2) is 4.82. The quantitative estimate of drug-likeness (QED) is 0.662. The van der Waals surface area contributed by atoms with E-state index in [0.29, 0.717) is 5.75 Å². The molecule has 0 saturated heterocycles. The minimum absolute atomic E-state index is 0.319. The number of carbonyl (C=O) groups is 1. The van der Waals surface area contributed by atoms with Gasteiger partial charge in [0.1, 0.15) is 0 Å². The van der Waals surface area contributed by atoms with Crippen LogP contribution in [0.2, 0.25) is 0 Å². The van der Waals surface area contributed by atoms with E-state index in [1.165, 1.54) is 6.92 Å². The fourth-order valence-corrected chi connectivity index (χ4v) is 3.05. The lowest BCUT2D eigenvalue weighted by atomic mass is 10.1. The Balaban J connectivity index is 2.26. The Morgan fingerprint density at radius 3 is 2.74 bits per heavy atom.